The predicted octanol–water partition coefficient (Wildman–Crippen LogP) is -2.33. The third-order valence-electron chi connectivity index (χ3n) is 0.252. The van der Waals surface area contributed by atoms with Gasteiger partial charge in [0.2, 0.25) is 5.96 Å². The average molecular weight is 138 g/mol. The van der Waals surface area contributed by atoms with E-state index in [1.165, 1.54) is 4.72 Å². The van der Waals surface area contributed by atoms with Crippen LogP contribution in [0.15, 0.2) is 0 Å². The Bertz CT molecular complexity index is 180. The number of nitrogens with one attached hydrogen (secondary N) is 2. The van der Waals surface area contributed by atoms with Gasteiger partial charge in [-0.15, -0.1) is 0 Å². The molecule has 0 aliphatic heterocycles. The van der Waals surface area contributed by atoms with Gasteiger partial charge in [0, 0.05) is 0 Å². The van der Waals surface area contributed by atoms with Gasteiger partial charge in [-0.1, -0.05) is 0 Å². The van der Waals surface area contributed by atoms with Gasteiger partial charge in [-0.3, -0.25) is 5.41 Å². The van der Waals surface area contributed by atoms with Crippen molar-refractivity contribution in [2.24, 2.45) is 10.9 Å². The van der Waals surface area contributed by atoms with Crippen LogP contribution >= 0.6 is 0 Å². The molecule has 48 valence electrons. The Labute approximate surface area is 46.6 Å². The van der Waals surface area contributed by atoms with Crippen molar-refractivity contribution in [2.45, 2.75) is 0 Å². The molecule has 0 saturated carbocycles. The van der Waals surface area contributed by atoms with Crippen molar-refractivity contribution in [1.29, 1.82) is 5.41 Å². The third-order valence-corrected chi connectivity index (χ3v) is 0.757. The fourth-order valence-corrected chi connectivity index (χ4v) is 0.460. The van der Waals surface area contributed by atoms with Gasteiger partial charge in [-0.25, -0.2) is 9.86 Å². The van der Waals surface area contributed by atoms with Gasteiger partial charge in [0.05, 0.1) is 0 Å². The minimum Gasteiger partial charge on any atom is -0.369 e. The summed E-state index contributed by atoms with van der Waals surface area (Å²) in [4.78, 5) is 0. The number of rotatable bonds is 1. The molecule has 6 nitrogen and oxygen atoms in total. The lowest BCUT2D eigenvalue weighted by molar-refractivity contribution is 0.594. The highest BCUT2D eigenvalue weighted by Crippen LogP contribution is 1.60. The van der Waals surface area contributed by atoms with Crippen molar-refractivity contribution in [3.05, 3.63) is 0 Å². The van der Waals surface area contributed by atoms with Crippen molar-refractivity contribution in [3.8, 4) is 0 Å². The smallest absolute Gasteiger partial charge is 0.298 e. The molecule has 0 radical (unpaired) electrons. The van der Waals surface area contributed by atoms with Gasteiger partial charge in [0.15, 0.2) is 0 Å². The van der Waals surface area contributed by atoms with E-state index in [-0.39, 0.29) is 0 Å². The molecule has 0 spiro atoms. The first-order valence-electron chi connectivity index (χ1n) is 1.56. The van der Waals surface area contributed by atoms with Crippen LogP contribution in [0.1, 0.15) is 0 Å². The first-order valence-corrected chi connectivity index (χ1v) is 3.11. The summed E-state index contributed by atoms with van der Waals surface area (Å²) in [5.74, 6) is -0.687. The second-order valence-corrected chi connectivity index (χ2v) is 2.35. The molecule has 0 aliphatic carbocycles. The zero-order chi connectivity index (χ0) is 6.78. The number of guanidine groups is 1. The molecule has 0 aromatic carbocycles. The van der Waals surface area contributed by atoms with Gasteiger partial charge < -0.3 is 5.73 Å². The zero-order valence-electron chi connectivity index (χ0n) is 3.88. The highest BCUT2D eigenvalue weighted by Gasteiger charge is 1.98. The Morgan fingerprint density at radius 2 is 2.00 bits per heavy atom. The van der Waals surface area contributed by atoms with E-state index in [2.05, 4.69) is 10.9 Å². The van der Waals surface area contributed by atoms with E-state index in [9.17, 15) is 8.42 Å². The van der Waals surface area contributed by atoms with E-state index in [1.54, 1.807) is 0 Å². The monoisotopic (exact) mass is 138 g/mol. The van der Waals surface area contributed by atoms with E-state index in [4.69, 9.17) is 5.41 Å². The molecule has 0 heterocycles. The molecule has 0 fully saturated rings. The van der Waals surface area contributed by atoms with Crippen LogP contribution in [0.25, 0.3) is 0 Å². The highest BCUT2D eigenvalue weighted by molar-refractivity contribution is 7.87. The summed E-state index contributed by atoms with van der Waals surface area (Å²) in [5, 5.41) is 10.7. The number of hydrogen-bond donors (Lipinski definition) is 4. The SMILES string of the molecule is N=C(N)NS(N)(=O)=O. The molecule has 0 aliphatic rings. The molecule has 0 amide bonds. The van der Waals surface area contributed by atoms with Gasteiger partial charge in [0.25, 0.3) is 10.2 Å². The van der Waals surface area contributed by atoms with Crippen molar-refractivity contribution < 1.29 is 8.42 Å². The van der Waals surface area contributed by atoms with Crippen LogP contribution in [0.3, 0.4) is 0 Å². The summed E-state index contributed by atoms with van der Waals surface area (Å²) in [5.41, 5.74) is 4.59. The second-order valence-electron chi connectivity index (χ2n) is 1.06. The Morgan fingerprint density at radius 3 is 2.00 bits per heavy atom. The largest absolute Gasteiger partial charge is 0.369 e. The molecule has 0 unspecified atom stereocenters. The molecule has 0 aromatic heterocycles. The predicted molar refractivity (Wildman–Crippen MR) is 28.2 cm³/mol. The number of nitrogens with two attached hydrogens (primary N) is 2. The first kappa shape index (κ1) is 7.18. The molecule has 0 atom stereocenters. The fourth-order valence-electron chi connectivity index (χ4n) is 0.153. The van der Waals surface area contributed by atoms with E-state index >= 15 is 0 Å². The summed E-state index contributed by atoms with van der Waals surface area (Å²) >= 11 is 0. The van der Waals surface area contributed by atoms with E-state index < -0.39 is 16.2 Å². The Kier molecular flexibility index (Phi) is 1.77. The lowest BCUT2D eigenvalue weighted by atomic mass is 11.1. The van der Waals surface area contributed by atoms with Crippen LogP contribution in [0.4, 0.5) is 0 Å². The summed E-state index contributed by atoms with van der Waals surface area (Å²) < 4.78 is 21.3. The van der Waals surface area contributed by atoms with Crippen LogP contribution in [0.5, 0.6) is 0 Å². The summed E-state index contributed by atoms with van der Waals surface area (Å²) in [6.45, 7) is 0. The quantitative estimate of drug-likeness (QED) is 0.240. The van der Waals surface area contributed by atoms with Crippen molar-refractivity contribution in [1.82, 2.24) is 4.72 Å². The maximum absolute atomic E-state index is 9.89. The Morgan fingerprint density at radius 1 is 1.62 bits per heavy atom. The molecule has 0 aromatic rings. The molecular weight excluding hydrogens is 132 g/mol. The minimum atomic E-state index is -3.82. The van der Waals surface area contributed by atoms with Crippen LogP contribution < -0.4 is 15.6 Å². The van der Waals surface area contributed by atoms with Gasteiger partial charge in [-0.2, -0.15) is 8.42 Å². The number of hydrogen-bond acceptors (Lipinski definition) is 3. The maximum atomic E-state index is 9.89. The maximum Gasteiger partial charge on any atom is 0.298 e. The lowest BCUT2D eigenvalue weighted by Crippen LogP contribution is -2.39. The van der Waals surface area contributed by atoms with Crippen LogP contribution in [0.2, 0.25) is 0 Å². The zero-order valence-corrected chi connectivity index (χ0v) is 4.70. The van der Waals surface area contributed by atoms with Gasteiger partial charge in [-0.05, 0) is 0 Å². The Hall–Kier alpha value is -0.820. The molecule has 0 saturated heterocycles. The Balaban J connectivity index is 3.95. The van der Waals surface area contributed by atoms with E-state index in [1.807, 2.05) is 0 Å². The van der Waals surface area contributed by atoms with Crippen LogP contribution in [-0.4, -0.2) is 14.4 Å². The lowest BCUT2D eigenvalue weighted by Gasteiger charge is -1.95. The first-order chi connectivity index (χ1) is 3.42. The van der Waals surface area contributed by atoms with Crippen molar-refractivity contribution in [2.75, 3.05) is 0 Å². The summed E-state index contributed by atoms with van der Waals surface area (Å²) in [6.07, 6.45) is 0. The van der Waals surface area contributed by atoms with Crippen LogP contribution in [-0.2, 0) is 10.2 Å². The molecule has 0 bridgehead atoms. The molecule has 0 rings (SSSR count). The van der Waals surface area contributed by atoms with Crippen LogP contribution in [0, 0.1) is 5.41 Å². The molecule has 7 heteroatoms. The van der Waals surface area contributed by atoms with Gasteiger partial charge in [0.1, 0.15) is 0 Å². The molecular formula is CH6N4O2S. The summed E-state index contributed by atoms with van der Waals surface area (Å²) in [7, 11) is -3.82. The second kappa shape index (κ2) is 1.97. The topological polar surface area (TPSA) is 122 Å². The van der Waals surface area contributed by atoms with Crippen molar-refractivity contribution >= 4 is 16.2 Å². The fraction of sp³-hybridized carbons (Fsp3) is 0. The average Bonchev–Trinajstić information content (AvgIpc) is 1.21. The van der Waals surface area contributed by atoms with Crippen molar-refractivity contribution in [3.63, 3.8) is 0 Å². The highest BCUT2D eigenvalue weighted by atomic mass is 32.2. The summed E-state index contributed by atoms with van der Waals surface area (Å²) in [6, 6.07) is 0. The third kappa shape index (κ3) is 5.18. The minimum absolute atomic E-state index is 0.687. The standard InChI is InChI=1S/CH6N4O2S/c2-1(3)5-8(4,6)7/h(H4,2,3,5)(H2,4,6,7). The molecule has 8 heavy (non-hydrogen) atoms. The normalized spacial score (nSPS) is 10.6. The van der Waals surface area contributed by atoms with E-state index in [0.29, 0.717) is 0 Å². The van der Waals surface area contributed by atoms with E-state index in [0.717, 1.165) is 0 Å². The van der Waals surface area contributed by atoms with Gasteiger partial charge >= 0.3 is 0 Å². The molecule has 6 N–H and O–H groups in total.